The molecule has 0 spiro atoms. The topological polar surface area (TPSA) is 100 Å². The fourth-order valence-corrected chi connectivity index (χ4v) is 6.01. The maximum atomic E-state index is 15.2. The highest BCUT2D eigenvalue weighted by Gasteiger charge is 2.34. The van der Waals surface area contributed by atoms with E-state index in [0.29, 0.717) is 30.1 Å². The first-order chi connectivity index (χ1) is 21.9. The number of hydrogen-bond donors (Lipinski definition) is 1. The van der Waals surface area contributed by atoms with E-state index in [1.807, 2.05) is 44.5 Å². The number of ether oxygens (including phenoxy) is 2. The van der Waals surface area contributed by atoms with Crippen LogP contribution in [0.15, 0.2) is 85.2 Å². The quantitative estimate of drug-likeness (QED) is 0.197. The summed E-state index contributed by atoms with van der Waals surface area (Å²) in [5.74, 6) is -0.226. The zero-order valence-electron chi connectivity index (χ0n) is 24.8. The van der Waals surface area contributed by atoms with Crippen molar-refractivity contribution in [3.8, 4) is 22.1 Å². The third-order valence-corrected chi connectivity index (χ3v) is 8.47. The number of anilines is 2. The fraction of sp³-hybridized carbons (Fsp3) is 0.188. The van der Waals surface area contributed by atoms with Crippen molar-refractivity contribution in [2.45, 2.75) is 6.54 Å². The molecule has 10 nitrogen and oxygen atoms in total. The second-order valence-corrected chi connectivity index (χ2v) is 11.6. The van der Waals surface area contributed by atoms with Gasteiger partial charge in [0.1, 0.15) is 5.75 Å². The lowest BCUT2D eigenvalue weighted by Crippen LogP contribution is -2.39. The average molecular weight is 625 g/mol. The minimum atomic E-state index is -0.666. The summed E-state index contributed by atoms with van der Waals surface area (Å²) in [6.07, 6.45) is 3.47. The number of carbonyl (C=O) groups excluding carboxylic acids is 2. The molecule has 0 radical (unpaired) electrons. The van der Waals surface area contributed by atoms with Gasteiger partial charge in [-0.25, -0.2) is 18.9 Å². The zero-order chi connectivity index (χ0) is 31.3. The van der Waals surface area contributed by atoms with Crippen molar-refractivity contribution in [1.29, 1.82) is 0 Å². The van der Waals surface area contributed by atoms with E-state index >= 15 is 4.39 Å². The highest BCUT2D eigenvalue weighted by atomic mass is 32.1. The molecule has 3 aromatic heterocycles. The van der Waals surface area contributed by atoms with Crippen LogP contribution in [-0.2, 0) is 11.3 Å². The van der Waals surface area contributed by atoms with Gasteiger partial charge in [-0.15, -0.1) is 11.3 Å². The molecule has 1 aliphatic rings. The van der Waals surface area contributed by atoms with Gasteiger partial charge in [0.25, 0.3) is 0 Å². The Labute approximate surface area is 264 Å². The van der Waals surface area contributed by atoms with Crippen molar-refractivity contribution in [3.63, 3.8) is 0 Å². The van der Waals surface area contributed by atoms with E-state index in [4.69, 9.17) is 9.47 Å². The number of nitrogens with zero attached hydrogens (tertiary/aromatic N) is 5. The van der Waals surface area contributed by atoms with Crippen LogP contribution < -0.4 is 15.0 Å². The van der Waals surface area contributed by atoms with Crippen LogP contribution >= 0.6 is 11.3 Å². The highest BCUT2D eigenvalue weighted by Crippen LogP contribution is 2.39. The second-order valence-electron chi connectivity index (χ2n) is 10.5. The van der Waals surface area contributed by atoms with Gasteiger partial charge in [-0.2, -0.15) is 0 Å². The van der Waals surface area contributed by atoms with Crippen LogP contribution in [0.2, 0.25) is 0 Å². The van der Waals surface area contributed by atoms with Crippen LogP contribution in [0.4, 0.5) is 25.4 Å². The SMILES string of the molecule is BN(CCOC)Cc1ccc(-c2cc3nccc(Oc4ccc(NC(=O)N5CCN(c6ccccc6)C5=O)cc4F)c3s2)nc1. The molecule has 5 aromatic rings. The number of amides is 4. The Balaban J connectivity index is 1.12. The van der Waals surface area contributed by atoms with Crippen molar-refractivity contribution in [2.75, 3.05) is 43.6 Å². The third kappa shape index (κ3) is 6.80. The Morgan fingerprint density at radius 2 is 1.91 bits per heavy atom. The summed E-state index contributed by atoms with van der Waals surface area (Å²) >= 11 is 1.46. The van der Waals surface area contributed by atoms with Crippen LogP contribution in [0.25, 0.3) is 20.8 Å². The molecule has 0 bridgehead atoms. The van der Waals surface area contributed by atoms with E-state index in [-0.39, 0.29) is 18.0 Å². The number of fused-ring (bicyclic) bond motifs is 1. The summed E-state index contributed by atoms with van der Waals surface area (Å²) in [4.78, 5) is 40.5. The molecule has 0 unspecified atom stereocenters. The van der Waals surface area contributed by atoms with Gasteiger partial charge in [-0.3, -0.25) is 14.9 Å². The van der Waals surface area contributed by atoms with Gasteiger partial charge in [0.05, 0.1) is 33.9 Å². The number of nitrogens with one attached hydrogen (secondary N) is 1. The first-order valence-corrected chi connectivity index (χ1v) is 15.1. The normalized spacial score (nSPS) is 13.2. The molecule has 228 valence electrons. The Hall–Kier alpha value is -4.85. The molecular formula is C32H30BFN6O4S. The summed E-state index contributed by atoms with van der Waals surface area (Å²) in [6.45, 7) is 2.85. The minimum Gasteiger partial charge on any atom is -0.453 e. The molecule has 1 aliphatic heterocycles. The van der Waals surface area contributed by atoms with Crippen LogP contribution in [0.1, 0.15) is 5.56 Å². The number of urea groups is 2. The predicted octanol–water partition coefficient (Wildman–Crippen LogP) is 5.76. The van der Waals surface area contributed by atoms with Crippen molar-refractivity contribution in [1.82, 2.24) is 19.7 Å². The van der Waals surface area contributed by atoms with Gasteiger partial charge in [-0.05, 0) is 42.0 Å². The van der Waals surface area contributed by atoms with E-state index in [2.05, 4.69) is 26.2 Å². The maximum absolute atomic E-state index is 15.2. The number of rotatable bonds is 10. The Morgan fingerprint density at radius 3 is 2.67 bits per heavy atom. The van der Waals surface area contributed by atoms with Crippen LogP contribution in [0.5, 0.6) is 11.5 Å². The number of imide groups is 1. The van der Waals surface area contributed by atoms with Gasteiger partial charge in [0.2, 0.25) is 0 Å². The van der Waals surface area contributed by atoms with Gasteiger partial charge in [0, 0.05) is 62.6 Å². The molecule has 1 fully saturated rings. The summed E-state index contributed by atoms with van der Waals surface area (Å²) in [6, 6.07) is 19.8. The first kappa shape index (κ1) is 30.2. The average Bonchev–Trinajstić information content (AvgIpc) is 3.66. The largest absolute Gasteiger partial charge is 0.453 e. The van der Waals surface area contributed by atoms with E-state index in [9.17, 15) is 9.59 Å². The number of para-hydroxylation sites is 1. The number of benzene rings is 2. The van der Waals surface area contributed by atoms with Crippen molar-refractivity contribution >= 4 is 53.0 Å². The summed E-state index contributed by atoms with van der Waals surface area (Å²) in [5, 5.41) is 2.61. The lowest BCUT2D eigenvalue weighted by atomic mass is 10.2. The molecule has 45 heavy (non-hydrogen) atoms. The van der Waals surface area contributed by atoms with Gasteiger partial charge < -0.3 is 19.6 Å². The molecule has 1 N–H and O–H groups in total. The first-order valence-electron chi connectivity index (χ1n) is 14.3. The number of methoxy groups -OCH3 is 1. The van der Waals surface area contributed by atoms with Gasteiger partial charge >= 0.3 is 12.1 Å². The fourth-order valence-electron chi connectivity index (χ4n) is 4.97. The number of carbonyl (C=O) groups is 2. The smallest absolute Gasteiger partial charge is 0.332 e. The minimum absolute atomic E-state index is 0.0111. The number of pyridine rings is 2. The van der Waals surface area contributed by atoms with Crippen molar-refractivity contribution < 1.29 is 23.5 Å². The van der Waals surface area contributed by atoms with E-state index in [1.54, 1.807) is 31.5 Å². The third-order valence-electron chi connectivity index (χ3n) is 7.31. The zero-order valence-corrected chi connectivity index (χ0v) is 25.6. The monoisotopic (exact) mass is 624 g/mol. The van der Waals surface area contributed by atoms with Crippen LogP contribution in [0.3, 0.4) is 0 Å². The number of thiophene rings is 1. The second kappa shape index (κ2) is 13.4. The van der Waals surface area contributed by atoms with Crippen molar-refractivity contribution in [3.05, 3.63) is 96.6 Å². The lowest BCUT2D eigenvalue weighted by Gasteiger charge is -2.18. The molecule has 4 heterocycles. The van der Waals surface area contributed by atoms with Gasteiger partial charge in [-0.1, -0.05) is 24.3 Å². The van der Waals surface area contributed by atoms with Crippen molar-refractivity contribution in [2.24, 2.45) is 0 Å². The Kier molecular flexibility index (Phi) is 9.01. The number of aromatic nitrogens is 2. The molecule has 1 saturated heterocycles. The molecule has 0 aliphatic carbocycles. The van der Waals surface area contributed by atoms with Crippen LogP contribution in [-0.4, -0.2) is 73.1 Å². The Morgan fingerprint density at radius 1 is 1.07 bits per heavy atom. The Bertz CT molecular complexity index is 1820. The van der Waals surface area contributed by atoms with Crippen LogP contribution in [0, 0.1) is 5.82 Å². The number of hydrogen-bond acceptors (Lipinski definition) is 8. The molecular weight excluding hydrogens is 594 g/mol. The van der Waals surface area contributed by atoms with E-state index in [1.165, 1.54) is 34.4 Å². The standard InChI is InChI=1S/C32H30BFN6O4S/c1-43-16-15-38(33)20-21-7-9-25(36-19-21)29-18-26-30(45-29)28(11-12-35-26)44-27-10-8-22(17-24(27)34)37-31(41)40-14-13-39(32(40)42)23-5-3-2-4-6-23/h2-12,17-19H,13-16,20,33H2,1H3,(H,37,41). The molecule has 4 amide bonds. The lowest BCUT2D eigenvalue weighted by molar-refractivity contribution is 0.179. The molecule has 2 aromatic carbocycles. The number of halogens is 1. The summed E-state index contributed by atoms with van der Waals surface area (Å²) in [5.41, 5.74) is 3.52. The predicted molar refractivity (Wildman–Crippen MR) is 175 cm³/mol. The van der Waals surface area contributed by atoms with E-state index < -0.39 is 17.9 Å². The van der Waals surface area contributed by atoms with E-state index in [0.717, 1.165) is 38.8 Å². The summed E-state index contributed by atoms with van der Waals surface area (Å²) in [7, 11) is 3.73. The summed E-state index contributed by atoms with van der Waals surface area (Å²) < 4.78 is 27.1. The highest BCUT2D eigenvalue weighted by molar-refractivity contribution is 7.22. The molecule has 0 atom stereocenters. The molecule has 6 rings (SSSR count). The molecule has 13 heteroatoms. The maximum Gasteiger partial charge on any atom is 0.332 e. The van der Waals surface area contributed by atoms with Gasteiger partial charge in [0.15, 0.2) is 19.5 Å². The molecule has 0 saturated carbocycles.